The van der Waals surface area contributed by atoms with E-state index in [1.54, 1.807) is 102 Å². The number of rotatable bonds is 35. The van der Waals surface area contributed by atoms with Crippen LogP contribution in [0.2, 0.25) is 0 Å². The number of carbonyl (C=O) groups excluding carboxylic acids is 9. The summed E-state index contributed by atoms with van der Waals surface area (Å²) in [4.78, 5) is 130. The van der Waals surface area contributed by atoms with Crippen molar-refractivity contribution in [2.24, 2.45) is 53.1 Å². The Kier molecular flexibility index (Phi) is 42.2. The molecule has 4 saturated carbocycles. The van der Waals surface area contributed by atoms with E-state index < -0.39 is 77.0 Å². The molecule has 0 saturated heterocycles. The molecule has 10 rings (SSSR count). The van der Waals surface area contributed by atoms with Gasteiger partial charge in [0.1, 0.15) is 47.4 Å². The summed E-state index contributed by atoms with van der Waals surface area (Å²) in [5.74, 6) is -1.62. The van der Waals surface area contributed by atoms with E-state index in [1.165, 1.54) is 12.1 Å². The van der Waals surface area contributed by atoms with Gasteiger partial charge < -0.3 is 86.0 Å². The molecule has 0 aromatic heterocycles. The number of hydrogen-bond donors (Lipinski definition) is 9. The highest BCUT2D eigenvalue weighted by molar-refractivity contribution is 6.01. The smallest absolute Gasteiger partial charge is 0.407 e. The molecule has 28 heteroatoms. The van der Waals surface area contributed by atoms with Crippen molar-refractivity contribution in [1.29, 1.82) is 0 Å². The zero-order valence-corrected chi connectivity index (χ0v) is 78.1. The first-order valence-corrected chi connectivity index (χ1v) is 45.4. The van der Waals surface area contributed by atoms with Gasteiger partial charge in [0.05, 0.1) is 66.8 Å². The Morgan fingerprint density at radius 1 is 0.367 bits per heavy atom. The first kappa shape index (κ1) is 104. The fourth-order valence-electron chi connectivity index (χ4n) is 15.2. The van der Waals surface area contributed by atoms with E-state index in [1.807, 2.05) is 60.7 Å². The summed E-state index contributed by atoms with van der Waals surface area (Å²) in [6.45, 7) is 29.6. The second kappa shape index (κ2) is 51.9. The molecule has 6 aromatic rings. The van der Waals surface area contributed by atoms with Crippen molar-refractivity contribution in [3.8, 4) is 23.0 Å². The highest BCUT2D eigenvalue weighted by Gasteiger charge is 2.38. The van der Waals surface area contributed by atoms with Gasteiger partial charge in [-0.25, -0.2) is 24.0 Å². The minimum atomic E-state index is -1.10. The van der Waals surface area contributed by atoms with E-state index in [0.717, 1.165) is 101 Å². The summed E-state index contributed by atoms with van der Waals surface area (Å²) in [6.07, 6.45) is 14.7. The minimum Gasteiger partial charge on any atom is -0.493 e. The predicted octanol–water partition coefficient (Wildman–Crippen LogP) is 20.0. The molecular formula is C100H139ClN8O19. The second-order valence-electron chi connectivity index (χ2n) is 37.3. The van der Waals surface area contributed by atoms with Gasteiger partial charge >= 0.3 is 30.1 Å². The van der Waals surface area contributed by atoms with E-state index in [4.69, 9.17) is 43.6 Å². The topological polar surface area (TPSA) is 375 Å². The van der Waals surface area contributed by atoms with Gasteiger partial charge in [-0.2, -0.15) is 0 Å². The maximum absolute atomic E-state index is 14.1. The van der Waals surface area contributed by atoms with Crippen LogP contribution >= 0.6 is 12.4 Å². The molecule has 0 bridgehead atoms. The number of hydrogen-bond acceptors (Lipinski definition) is 19. The molecule has 0 heterocycles. The number of carboxylic acid groups (broad SMARTS) is 1. The predicted molar refractivity (Wildman–Crippen MR) is 499 cm³/mol. The third-order valence-electron chi connectivity index (χ3n) is 22.1. The number of aromatic carboxylic acids is 1. The number of carbonyl (C=O) groups is 10. The van der Waals surface area contributed by atoms with Crippen molar-refractivity contribution in [3.63, 3.8) is 0 Å². The molecule has 7 amide bonds. The number of nitrogens with two attached hydrogens (primary N) is 1. The third-order valence-corrected chi connectivity index (χ3v) is 22.1. The average Bonchev–Trinajstić information content (AvgIpc) is 0.799. The third kappa shape index (κ3) is 37.0. The van der Waals surface area contributed by atoms with Crippen LogP contribution in [-0.2, 0) is 51.3 Å². The molecule has 27 nitrogen and oxygen atoms in total. The number of alkyl carbamates (subject to hydrolysis) is 2. The fraction of sp³-hybridized carbons (Fsp3) is 0.540. The lowest BCUT2D eigenvalue weighted by Crippen LogP contribution is -2.48. The summed E-state index contributed by atoms with van der Waals surface area (Å²) < 4.78 is 45.6. The van der Waals surface area contributed by atoms with Gasteiger partial charge in [0.2, 0.25) is 23.6 Å². The van der Waals surface area contributed by atoms with Crippen molar-refractivity contribution in [3.05, 3.63) is 167 Å². The highest BCUT2D eigenvalue weighted by Crippen LogP contribution is 2.35. The zero-order chi connectivity index (χ0) is 92.3. The summed E-state index contributed by atoms with van der Waals surface area (Å²) in [5, 5.41) is 30.1. The van der Waals surface area contributed by atoms with Crippen LogP contribution in [-0.4, -0.2) is 127 Å². The van der Waals surface area contributed by atoms with Gasteiger partial charge in [-0.15, -0.1) is 12.4 Å². The monoisotopic (exact) mass is 1790 g/mol. The maximum atomic E-state index is 14.1. The summed E-state index contributed by atoms with van der Waals surface area (Å²) >= 11 is 0. The molecule has 128 heavy (non-hydrogen) atoms. The Morgan fingerprint density at radius 2 is 0.648 bits per heavy atom. The molecular weight excluding hydrogens is 1650 g/mol. The van der Waals surface area contributed by atoms with Gasteiger partial charge in [-0.3, -0.25) is 24.0 Å². The van der Waals surface area contributed by atoms with Crippen LogP contribution in [0.3, 0.4) is 0 Å². The molecule has 8 atom stereocenters. The molecule has 0 aliphatic heterocycles. The van der Waals surface area contributed by atoms with Crippen molar-refractivity contribution in [2.45, 2.75) is 274 Å². The first-order valence-electron chi connectivity index (χ1n) is 45.4. The van der Waals surface area contributed by atoms with Crippen molar-refractivity contribution in [1.82, 2.24) is 16.0 Å². The van der Waals surface area contributed by atoms with Gasteiger partial charge in [0.15, 0.2) is 0 Å². The SMILES string of the molecule is CC(C)CCOc1cc(NC(=O)C2CCCCC2N)cc(C(=O)OCc2ccccc2)c1.CC(C)CCOc1cc(NC(=O)C2CCCCC2NC(=O)OC(C)(C)C)cc(C(=O)NC2CCCCC2C(=O)Nc2cc(OCCC(C)C)cc(C(=O)OCc3ccccc3)c2)c1.CC(C)CCOc1cc(NC(=O)C2CCCCC2NC(=O)OC(C)(C)C)cc(C(=O)O)c1.Cl. The Hall–Kier alpha value is -10.9. The number of nitrogens with one attached hydrogen (secondary N) is 7. The summed E-state index contributed by atoms with van der Waals surface area (Å²) in [7, 11) is 0. The van der Waals surface area contributed by atoms with Crippen LogP contribution in [0, 0.1) is 47.3 Å². The summed E-state index contributed by atoms with van der Waals surface area (Å²) in [5.41, 5.74) is 9.17. The van der Waals surface area contributed by atoms with Crippen molar-refractivity contribution >= 4 is 94.8 Å². The Balaban J connectivity index is 0.000000290. The van der Waals surface area contributed by atoms with E-state index in [9.17, 15) is 53.1 Å². The molecule has 4 aliphatic carbocycles. The van der Waals surface area contributed by atoms with Crippen LogP contribution in [0.15, 0.2) is 133 Å². The molecule has 4 fully saturated rings. The Morgan fingerprint density at radius 3 is 0.969 bits per heavy atom. The van der Waals surface area contributed by atoms with E-state index in [0.29, 0.717) is 140 Å². The van der Waals surface area contributed by atoms with Gasteiger partial charge in [-0.05, 0) is 202 Å². The first-order chi connectivity index (χ1) is 60.4. The molecule has 4 aliphatic rings. The van der Waals surface area contributed by atoms with Gasteiger partial charge in [0.25, 0.3) is 5.91 Å². The number of ether oxygens (including phenoxy) is 8. The normalized spacial score (nSPS) is 18.5. The zero-order valence-electron chi connectivity index (χ0n) is 77.3. The van der Waals surface area contributed by atoms with Gasteiger partial charge in [-0.1, -0.05) is 167 Å². The number of benzene rings is 6. The quantitative estimate of drug-likeness (QED) is 0.0132. The van der Waals surface area contributed by atoms with E-state index in [2.05, 4.69) is 92.6 Å². The van der Waals surface area contributed by atoms with Crippen LogP contribution in [0.1, 0.15) is 278 Å². The lowest BCUT2D eigenvalue weighted by molar-refractivity contribution is -0.122. The Labute approximate surface area is 762 Å². The summed E-state index contributed by atoms with van der Waals surface area (Å²) in [6, 6.07) is 37.0. The molecule has 0 radical (unpaired) electrons. The molecule has 0 spiro atoms. The Bertz CT molecular complexity index is 4590. The number of amides is 7. The van der Waals surface area contributed by atoms with Crippen molar-refractivity contribution in [2.75, 3.05) is 47.7 Å². The number of anilines is 4. The van der Waals surface area contributed by atoms with E-state index >= 15 is 0 Å². The number of halogens is 1. The number of esters is 2. The standard InChI is InChI=1S/C50H68N4O9.C26H34N2O4.C24H36N2O6.ClH/c1-32(2)21-23-60-39-27-35(25-37(29-39)51-47(57)42-18-12-14-20-44(42)54-49(59)63-50(5,6)7)45(55)53-43-19-13-11-17-41(43)46(56)52-38-26-36(28-40(30-38)61-24-22-33(3)4)48(58)62-31-34-15-9-8-10-16-34;1-18(2)12-13-31-22-15-20(26(30)32-17-19-8-4-3-5-9-19)14-21(16-22)28-25(29)23-10-6-7-11-24(23)27;1-15(2)10-11-31-18-13-16(22(28)29)12-17(14-18)25-21(27)19-8-6-7-9-20(19)26-23(30)32-24(3,4)5;/h8-10,15-16,25-30,32-33,41-44H,11-14,17-24,31H2,1-7H3,(H,51,57)(H,52,56)(H,53,55)(H,54,59);3-5,8-9,14-16,18,23-24H,6-7,10-13,17,27H2,1-2H3,(H,28,29);12-15,19-20H,6-11H2,1-5H3,(H,25,27)(H,26,30)(H,28,29);1H. The van der Waals surface area contributed by atoms with E-state index in [-0.39, 0.29) is 83.9 Å². The fourth-order valence-corrected chi connectivity index (χ4v) is 15.2. The van der Waals surface area contributed by atoms with Crippen LogP contribution < -0.4 is 61.9 Å². The lowest BCUT2D eigenvalue weighted by Gasteiger charge is -2.32. The second-order valence-corrected chi connectivity index (χ2v) is 37.3. The lowest BCUT2D eigenvalue weighted by atomic mass is 9.83. The maximum Gasteiger partial charge on any atom is 0.407 e. The molecule has 700 valence electrons. The van der Waals surface area contributed by atoms with Crippen molar-refractivity contribution < 1.29 is 90.9 Å². The average molecular weight is 1790 g/mol. The van der Waals surface area contributed by atoms with Crippen LogP contribution in [0.4, 0.5) is 32.3 Å². The molecule has 10 N–H and O–H groups in total. The van der Waals surface area contributed by atoms with Gasteiger partial charge in [0, 0.05) is 76.7 Å². The number of carboxylic acids is 1. The molecule has 8 unspecified atom stereocenters. The minimum absolute atomic E-state index is 0. The largest absolute Gasteiger partial charge is 0.493 e. The van der Waals surface area contributed by atoms with Crippen LogP contribution in [0.25, 0.3) is 0 Å². The highest BCUT2D eigenvalue weighted by atomic mass is 35.5. The van der Waals surface area contributed by atoms with Crippen LogP contribution in [0.5, 0.6) is 23.0 Å². The molecule has 6 aromatic carbocycles.